The Hall–Kier alpha value is -1.29. The highest BCUT2D eigenvalue weighted by Gasteiger charge is 2.09. The third-order valence-corrected chi connectivity index (χ3v) is 2.73. The van der Waals surface area contributed by atoms with Crippen molar-refractivity contribution in [2.24, 2.45) is 0 Å². The monoisotopic (exact) mass is 224 g/mol. The minimum absolute atomic E-state index is 0.325. The summed E-state index contributed by atoms with van der Waals surface area (Å²) in [6, 6.07) is 2.36. The zero-order valence-corrected chi connectivity index (χ0v) is 10.2. The summed E-state index contributed by atoms with van der Waals surface area (Å²) >= 11 is 0. The summed E-state index contributed by atoms with van der Waals surface area (Å²) in [5, 5.41) is 3.43. The first-order valence-corrected chi connectivity index (χ1v) is 5.70. The fourth-order valence-electron chi connectivity index (χ4n) is 1.61. The highest BCUT2D eigenvalue weighted by Crippen LogP contribution is 2.06. The second-order valence-electron chi connectivity index (χ2n) is 3.81. The molecule has 0 bridgehead atoms. The van der Waals surface area contributed by atoms with Gasteiger partial charge in [-0.1, -0.05) is 13.8 Å². The molecule has 0 unspecified atom stereocenters. The molecule has 0 spiro atoms. The Balaban J connectivity index is 2.49. The number of carbonyl (C=O) groups excluding carboxylic acids is 1. The van der Waals surface area contributed by atoms with Gasteiger partial charge in [-0.2, -0.15) is 0 Å². The zero-order valence-electron chi connectivity index (χ0n) is 10.2. The van der Waals surface area contributed by atoms with Gasteiger partial charge in [0.1, 0.15) is 5.69 Å². The topological polar surface area (TPSA) is 54.1 Å². The molecule has 1 heterocycles. The molecule has 2 N–H and O–H groups in total. The SMILES string of the molecule is CCC(CC)NCc1c[nH]c(C(=O)OC)c1. The highest BCUT2D eigenvalue weighted by atomic mass is 16.5. The number of esters is 1. The molecular formula is C12H20N2O2. The van der Waals surface area contributed by atoms with Crippen LogP contribution in [-0.2, 0) is 11.3 Å². The van der Waals surface area contributed by atoms with Crippen LogP contribution in [0.2, 0.25) is 0 Å². The van der Waals surface area contributed by atoms with Gasteiger partial charge in [0.2, 0.25) is 0 Å². The predicted octanol–water partition coefficient (Wildman–Crippen LogP) is 2.08. The van der Waals surface area contributed by atoms with Crippen LogP contribution in [0.25, 0.3) is 0 Å². The van der Waals surface area contributed by atoms with Gasteiger partial charge in [0.25, 0.3) is 0 Å². The van der Waals surface area contributed by atoms with E-state index in [2.05, 4.69) is 28.9 Å². The Morgan fingerprint density at radius 3 is 2.75 bits per heavy atom. The molecule has 0 saturated carbocycles. The summed E-state index contributed by atoms with van der Waals surface area (Å²) < 4.78 is 4.63. The number of H-pyrrole nitrogens is 1. The highest BCUT2D eigenvalue weighted by molar-refractivity contribution is 5.87. The van der Waals surface area contributed by atoms with E-state index < -0.39 is 0 Å². The number of carbonyl (C=O) groups is 1. The second kappa shape index (κ2) is 6.33. The van der Waals surface area contributed by atoms with E-state index in [0.29, 0.717) is 11.7 Å². The maximum absolute atomic E-state index is 11.2. The molecule has 90 valence electrons. The van der Waals surface area contributed by atoms with Gasteiger partial charge >= 0.3 is 5.97 Å². The van der Waals surface area contributed by atoms with Crippen molar-refractivity contribution in [1.82, 2.24) is 10.3 Å². The Kier molecular flexibility index (Phi) is 5.05. The Labute approximate surface area is 96.4 Å². The summed E-state index contributed by atoms with van der Waals surface area (Å²) in [7, 11) is 1.38. The van der Waals surface area contributed by atoms with Crippen molar-refractivity contribution in [1.29, 1.82) is 0 Å². The first kappa shape index (κ1) is 12.8. The van der Waals surface area contributed by atoms with Crippen molar-refractivity contribution in [2.75, 3.05) is 7.11 Å². The van der Waals surface area contributed by atoms with E-state index in [1.807, 2.05) is 12.3 Å². The fraction of sp³-hybridized carbons (Fsp3) is 0.583. The van der Waals surface area contributed by atoms with Crippen molar-refractivity contribution in [2.45, 2.75) is 39.3 Å². The van der Waals surface area contributed by atoms with Gasteiger partial charge in [-0.3, -0.25) is 0 Å². The van der Waals surface area contributed by atoms with E-state index in [-0.39, 0.29) is 5.97 Å². The summed E-state index contributed by atoms with van der Waals surface area (Å²) in [6.07, 6.45) is 4.07. The second-order valence-corrected chi connectivity index (χ2v) is 3.81. The molecule has 0 fully saturated rings. The van der Waals surface area contributed by atoms with Gasteiger partial charge in [0.15, 0.2) is 0 Å². The first-order valence-electron chi connectivity index (χ1n) is 5.70. The number of aromatic nitrogens is 1. The van der Waals surface area contributed by atoms with Crippen LogP contribution < -0.4 is 5.32 Å². The Bertz CT molecular complexity index is 330. The molecule has 0 aliphatic rings. The van der Waals surface area contributed by atoms with E-state index in [9.17, 15) is 4.79 Å². The maximum atomic E-state index is 11.2. The van der Waals surface area contributed by atoms with Crippen LogP contribution in [0.15, 0.2) is 12.3 Å². The molecule has 0 radical (unpaired) electrons. The standard InChI is InChI=1S/C12H20N2O2/c1-4-10(5-2)13-7-9-6-11(14-8-9)12(15)16-3/h6,8,10,13-14H,4-5,7H2,1-3H3. The van der Waals surface area contributed by atoms with Crippen LogP contribution in [-0.4, -0.2) is 24.1 Å². The lowest BCUT2D eigenvalue weighted by Gasteiger charge is -2.13. The van der Waals surface area contributed by atoms with E-state index >= 15 is 0 Å². The maximum Gasteiger partial charge on any atom is 0.354 e. The van der Waals surface area contributed by atoms with Gasteiger partial charge in [-0.25, -0.2) is 4.79 Å². The molecule has 16 heavy (non-hydrogen) atoms. The third kappa shape index (κ3) is 3.38. The van der Waals surface area contributed by atoms with Crippen molar-refractivity contribution in [3.8, 4) is 0 Å². The first-order chi connectivity index (χ1) is 7.71. The average Bonchev–Trinajstić information content (AvgIpc) is 2.78. The smallest absolute Gasteiger partial charge is 0.354 e. The molecule has 0 saturated heterocycles. The normalized spacial score (nSPS) is 10.8. The van der Waals surface area contributed by atoms with Gasteiger partial charge in [0, 0.05) is 18.8 Å². The van der Waals surface area contributed by atoms with Gasteiger partial charge in [-0.05, 0) is 24.5 Å². The average molecular weight is 224 g/mol. The zero-order chi connectivity index (χ0) is 12.0. The summed E-state index contributed by atoms with van der Waals surface area (Å²) in [6.45, 7) is 5.11. The summed E-state index contributed by atoms with van der Waals surface area (Å²) in [5.74, 6) is -0.325. The molecule has 4 nitrogen and oxygen atoms in total. The van der Waals surface area contributed by atoms with Crippen molar-refractivity contribution < 1.29 is 9.53 Å². The largest absolute Gasteiger partial charge is 0.464 e. The summed E-state index contributed by atoms with van der Waals surface area (Å²) in [4.78, 5) is 14.1. The number of rotatable bonds is 6. The molecular weight excluding hydrogens is 204 g/mol. The van der Waals surface area contributed by atoms with Crippen LogP contribution in [0.3, 0.4) is 0 Å². The number of aromatic amines is 1. The molecule has 0 aliphatic carbocycles. The van der Waals surface area contributed by atoms with Crippen LogP contribution in [0, 0.1) is 0 Å². The molecule has 1 rings (SSSR count). The minimum atomic E-state index is -0.325. The van der Waals surface area contributed by atoms with E-state index in [1.54, 1.807) is 0 Å². The quantitative estimate of drug-likeness (QED) is 0.727. The van der Waals surface area contributed by atoms with Crippen LogP contribution in [0.1, 0.15) is 42.7 Å². The molecule has 1 aromatic heterocycles. The molecule has 0 amide bonds. The molecule has 1 aromatic rings. The van der Waals surface area contributed by atoms with Gasteiger partial charge in [-0.15, -0.1) is 0 Å². The number of hydrogen-bond acceptors (Lipinski definition) is 3. The predicted molar refractivity (Wildman–Crippen MR) is 63.3 cm³/mol. The van der Waals surface area contributed by atoms with Crippen molar-refractivity contribution >= 4 is 5.97 Å². The minimum Gasteiger partial charge on any atom is -0.464 e. The van der Waals surface area contributed by atoms with Crippen LogP contribution in [0.5, 0.6) is 0 Å². The van der Waals surface area contributed by atoms with E-state index in [4.69, 9.17) is 0 Å². The Morgan fingerprint density at radius 2 is 2.19 bits per heavy atom. The van der Waals surface area contributed by atoms with E-state index in [0.717, 1.165) is 24.9 Å². The number of nitrogens with one attached hydrogen (secondary N) is 2. The number of ether oxygens (including phenoxy) is 1. The lowest BCUT2D eigenvalue weighted by molar-refractivity contribution is 0.0595. The van der Waals surface area contributed by atoms with Gasteiger partial charge in [0.05, 0.1) is 7.11 Å². The molecule has 0 atom stereocenters. The van der Waals surface area contributed by atoms with Crippen molar-refractivity contribution in [3.63, 3.8) is 0 Å². The molecule has 4 heteroatoms. The van der Waals surface area contributed by atoms with E-state index in [1.165, 1.54) is 7.11 Å². The Morgan fingerprint density at radius 1 is 1.50 bits per heavy atom. The lowest BCUT2D eigenvalue weighted by Crippen LogP contribution is -2.26. The number of hydrogen-bond donors (Lipinski definition) is 2. The molecule has 0 aliphatic heterocycles. The number of methoxy groups -OCH3 is 1. The molecule has 0 aromatic carbocycles. The van der Waals surface area contributed by atoms with Crippen LogP contribution in [0.4, 0.5) is 0 Å². The lowest BCUT2D eigenvalue weighted by atomic mass is 10.1. The third-order valence-electron chi connectivity index (χ3n) is 2.73. The summed E-state index contributed by atoms with van der Waals surface area (Å²) in [5.41, 5.74) is 1.58. The van der Waals surface area contributed by atoms with Crippen molar-refractivity contribution in [3.05, 3.63) is 23.5 Å². The fourth-order valence-corrected chi connectivity index (χ4v) is 1.61. The van der Waals surface area contributed by atoms with Crippen LogP contribution >= 0.6 is 0 Å². The van der Waals surface area contributed by atoms with Gasteiger partial charge < -0.3 is 15.0 Å².